The Bertz CT molecular complexity index is 1140. The van der Waals surface area contributed by atoms with Crippen LogP contribution in [0.2, 0.25) is 0 Å². The standard InChI is InChI=1S/C24H28N4O3/c1-7-18-19-17(13-10-15-8-11-16(12-9-15)21(29)31-6)14(2)25-20(19)27-23(26-18)28-22(30)24(3,4)5/h7-9,11-12H,1,10,13H2,2-6H3,(H2,25,26,27,28,30). The molecule has 0 unspecified atom stereocenters. The lowest BCUT2D eigenvalue weighted by molar-refractivity contribution is -0.123. The smallest absolute Gasteiger partial charge is 0.337 e. The van der Waals surface area contributed by atoms with Gasteiger partial charge in [-0.3, -0.25) is 10.1 Å². The van der Waals surface area contributed by atoms with E-state index in [4.69, 9.17) is 4.74 Å². The van der Waals surface area contributed by atoms with Crippen molar-refractivity contribution in [3.63, 3.8) is 0 Å². The number of aryl methyl sites for hydroxylation is 3. The molecule has 31 heavy (non-hydrogen) atoms. The fraction of sp³-hybridized carbons (Fsp3) is 0.333. The molecular weight excluding hydrogens is 392 g/mol. The zero-order valence-corrected chi connectivity index (χ0v) is 18.6. The predicted octanol–water partition coefficient (Wildman–Crippen LogP) is 4.47. The van der Waals surface area contributed by atoms with Gasteiger partial charge in [0.15, 0.2) is 0 Å². The Morgan fingerprint density at radius 1 is 1.16 bits per heavy atom. The first-order valence-electron chi connectivity index (χ1n) is 10.1. The summed E-state index contributed by atoms with van der Waals surface area (Å²) in [4.78, 5) is 36.3. The summed E-state index contributed by atoms with van der Waals surface area (Å²) in [5.41, 5.74) is 4.54. The first kappa shape index (κ1) is 22.2. The number of ether oxygens (including phenoxy) is 1. The van der Waals surface area contributed by atoms with Crippen LogP contribution in [0.3, 0.4) is 0 Å². The Morgan fingerprint density at radius 3 is 2.42 bits per heavy atom. The molecule has 1 aromatic carbocycles. The van der Waals surface area contributed by atoms with Gasteiger partial charge in [-0.2, -0.15) is 4.98 Å². The summed E-state index contributed by atoms with van der Waals surface area (Å²) in [6, 6.07) is 7.40. The number of amides is 1. The van der Waals surface area contributed by atoms with Gasteiger partial charge in [0.05, 0.1) is 18.4 Å². The number of H-pyrrole nitrogens is 1. The number of fused-ring (bicyclic) bond motifs is 1. The van der Waals surface area contributed by atoms with Crippen LogP contribution in [0.15, 0.2) is 30.8 Å². The molecule has 0 saturated carbocycles. The number of esters is 1. The van der Waals surface area contributed by atoms with Crippen molar-refractivity contribution < 1.29 is 14.3 Å². The number of aromatic nitrogens is 3. The predicted molar refractivity (Wildman–Crippen MR) is 122 cm³/mol. The lowest BCUT2D eigenvalue weighted by atomic mass is 9.96. The molecular formula is C24H28N4O3. The third-order valence-electron chi connectivity index (χ3n) is 5.14. The molecule has 7 heteroatoms. The van der Waals surface area contributed by atoms with E-state index in [9.17, 15) is 9.59 Å². The quantitative estimate of drug-likeness (QED) is 0.574. The van der Waals surface area contributed by atoms with Crippen molar-refractivity contribution in [2.75, 3.05) is 12.4 Å². The number of hydrogen-bond acceptors (Lipinski definition) is 5. The van der Waals surface area contributed by atoms with E-state index in [1.54, 1.807) is 18.2 Å². The van der Waals surface area contributed by atoms with Crippen LogP contribution in [0.25, 0.3) is 17.1 Å². The van der Waals surface area contributed by atoms with E-state index in [1.165, 1.54) is 7.11 Å². The Balaban J connectivity index is 1.87. The molecule has 0 aliphatic heterocycles. The maximum Gasteiger partial charge on any atom is 0.337 e. The van der Waals surface area contributed by atoms with Gasteiger partial charge in [-0.05, 0) is 49.1 Å². The van der Waals surface area contributed by atoms with Crippen LogP contribution >= 0.6 is 0 Å². The zero-order chi connectivity index (χ0) is 22.8. The summed E-state index contributed by atoms with van der Waals surface area (Å²) in [7, 11) is 1.37. The monoisotopic (exact) mass is 420 g/mol. The van der Waals surface area contributed by atoms with E-state index in [0.29, 0.717) is 16.9 Å². The number of anilines is 1. The molecule has 0 radical (unpaired) electrons. The highest BCUT2D eigenvalue weighted by atomic mass is 16.5. The minimum atomic E-state index is -0.549. The minimum Gasteiger partial charge on any atom is -0.465 e. The van der Waals surface area contributed by atoms with Gasteiger partial charge in [0.2, 0.25) is 11.9 Å². The Kier molecular flexibility index (Phi) is 6.24. The normalized spacial score (nSPS) is 11.4. The lowest BCUT2D eigenvalue weighted by Gasteiger charge is -2.16. The first-order valence-corrected chi connectivity index (χ1v) is 10.1. The average Bonchev–Trinajstić information content (AvgIpc) is 3.05. The molecule has 2 N–H and O–H groups in total. The average molecular weight is 421 g/mol. The van der Waals surface area contributed by atoms with E-state index in [0.717, 1.165) is 35.0 Å². The third-order valence-corrected chi connectivity index (χ3v) is 5.14. The van der Waals surface area contributed by atoms with Gasteiger partial charge in [0.1, 0.15) is 5.65 Å². The topological polar surface area (TPSA) is 97.0 Å². The van der Waals surface area contributed by atoms with E-state index in [-0.39, 0.29) is 17.8 Å². The van der Waals surface area contributed by atoms with E-state index in [1.807, 2.05) is 39.8 Å². The summed E-state index contributed by atoms with van der Waals surface area (Å²) >= 11 is 0. The molecule has 3 aromatic rings. The second-order valence-corrected chi connectivity index (χ2v) is 8.48. The van der Waals surface area contributed by atoms with Crippen LogP contribution in [0, 0.1) is 12.3 Å². The van der Waals surface area contributed by atoms with Gasteiger partial charge in [0.25, 0.3) is 0 Å². The van der Waals surface area contributed by atoms with Crippen LogP contribution in [0.5, 0.6) is 0 Å². The summed E-state index contributed by atoms with van der Waals surface area (Å²) in [6.45, 7) is 11.4. The maximum absolute atomic E-state index is 12.3. The molecule has 3 rings (SSSR count). The van der Waals surface area contributed by atoms with Gasteiger partial charge in [-0.15, -0.1) is 0 Å². The number of aromatic amines is 1. The summed E-state index contributed by atoms with van der Waals surface area (Å²) in [5, 5.41) is 3.70. The van der Waals surface area contributed by atoms with Crippen molar-refractivity contribution in [3.05, 3.63) is 58.9 Å². The Labute approximate surface area is 181 Å². The van der Waals surface area contributed by atoms with E-state index < -0.39 is 5.41 Å². The molecule has 1 amide bonds. The molecule has 0 aliphatic carbocycles. The van der Waals surface area contributed by atoms with Crippen molar-refractivity contribution in [1.82, 2.24) is 15.0 Å². The maximum atomic E-state index is 12.3. The van der Waals surface area contributed by atoms with Crippen LogP contribution in [0.4, 0.5) is 5.95 Å². The number of nitrogens with zero attached hydrogens (tertiary/aromatic N) is 2. The molecule has 2 heterocycles. The number of nitrogens with one attached hydrogen (secondary N) is 2. The number of carbonyl (C=O) groups is 2. The number of hydrogen-bond donors (Lipinski definition) is 2. The molecule has 0 bridgehead atoms. The fourth-order valence-electron chi connectivity index (χ4n) is 3.31. The summed E-state index contributed by atoms with van der Waals surface area (Å²) in [6.07, 6.45) is 3.23. The molecule has 162 valence electrons. The van der Waals surface area contributed by atoms with Crippen molar-refractivity contribution in [2.45, 2.75) is 40.5 Å². The van der Waals surface area contributed by atoms with E-state index in [2.05, 4.69) is 26.8 Å². The van der Waals surface area contributed by atoms with Gasteiger partial charge in [-0.1, -0.05) is 39.5 Å². The molecule has 0 aliphatic rings. The van der Waals surface area contributed by atoms with Crippen LogP contribution < -0.4 is 5.32 Å². The second kappa shape index (κ2) is 8.71. The highest BCUT2D eigenvalue weighted by Gasteiger charge is 2.23. The number of benzene rings is 1. The minimum absolute atomic E-state index is 0.152. The van der Waals surface area contributed by atoms with Crippen molar-refractivity contribution in [2.24, 2.45) is 5.41 Å². The first-order chi connectivity index (χ1) is 14.6. The number of methoxy groups -OCH3 is 1. The van der Waals surface area contributed by atoms with Crippen molar-refractivity contribution in [3.8, 4) is 0 Å². The lowest BCUT2D eigenvalue weighted by Crippen LogP contribution is -2.28. The van der Waals surface area contributed by atoms with Crippen LogP contribution in [0.1, 0.15) is 53.6 Å². The van der Waals surface area contributed by atoms with Crippen LogP contribution in [-0.2, 0) is 22.4 Å². The Morgan fingerprint density at radius 2 is 1.84 bits per heavy atom. The van der Waals surface area contributed by atoms with Crippen molar-refractivity contribution >= 4 is 34.9 Å². The molecule has 0 spiro atoms. The number of carbonyl (C=O) groups excluding carboxylic acids is 2. The SMILES string of the molecule is C=Cc1nc(NC(=O)C(C)(C)C)nc2[nH]c(C)c(CCc3ccc(C(=O)OC)cc3)c12. The highest BCUT2D eigenvalue weighted by molar-refractivity contribution is 5.95. The van der Waals surface area contributed by atoms with Gasteiger partial charge < -0.3 is 9.72 Å². The molecule has 7 nitrogen and oxygen atoms in total. The number of rotatable bonds is 6. The van der Waals surface area contributed by atoms with E-state index >= 15 is 0 Å². The largest absolute Gasteiger partial charge is 0.465 e. The molecule has 2 aromatic heterocycles. The summed E-state index contributed by atoms with van der Waals surface area (Å²) in [5.74, 6) is -0.240. The zero-order valence-electron chi connectivity index (χ0n) is 18.6. The fourth-order valence-corrected chi connectivity index (χ4v) is 3.31. The van der Waals surface area contributed by atoms with Crippen LogP contribution in [-0.4, -0.2) is 33.9 Å². The van der Waals surface area contributed by atoms with Gasteiger partial charge in [0, 0.05) is 16.5 Å². The van der Waals surface area contributed by atoms with Crippen molar-refractivity contribution in [1.29, 1.82) is 0 Å². The third kappa shape index (κ3) is 4.82. The Hall–Kier alpha value is -3.48. The van der Waals surface area contributed by atoms with Gasteiger partial charge >= 0.3 is 5.97 Å². The molecule has 0 atom stereocenters. The highest BCUT2D eigenvalue weighted by Crippen LogP contribution is 2.27. The van der Waals surface area contributed by atoms with Gasteiger partial charge in [-0.25, -0.2) is 9.78 Å². The second-order valence-electron chi connectivity index (χ2n) is 8.48. The molecule has 0 fully saturated rings. The molecule has 0 saturated heterocycles. The summed E-state index contributed by atoms with van der Waals surface area (Å²) < 4.78 is 4.74.